The summed E-state index contributed by atoms with van der Waals surface area (Å²) in [5.74, 6) is 3.04. The lowest BCUT2D eigenvalue weighted by Gasteiger charge is -2.30. The second kappa shape index (κ2) is 9.12. The van der Waals surface area contributed by atoms with Gasteiger partial charge in [0.05, 0.1) is 5.69 Å². The Bertz CT molecular complexity index is 673. The number of pyridine rings is 1. The molecule has 0 aromatic carbocycles. The molecular weight excluding hydrogens is 377 g/mol. The third kappa shape index (κ3) is 4.08. The number of halogens is 2. The van der Waals surface area contributed by atoms with E-state index in [0.717, 1.165) is 36.8 Å². The van der Waals surface area contributed by atoms with E-state index >= 15 is 0 Å². The van der Waals surface area contributed by atoms with Crippen molar-refractivity contribution >= 4 is 42.4 Å². The summed E-state index contributed by atoms with van der Waals surface area (Å²) in [5.41, 5.74) is 3.39. The van der Waals surface area contributed by atoms with Gasteiger partial charge < -0.3 is 10.6 Å². The number of piperidine rings is 1. The Kier molecular flexibility index (Phi) is 7.43. The third-order valence-electron chi connectivity index (χ3n) is 4.78. The number of fused-ring (bicyclic) bond motifs is 1. The molecule has 138 valence electrons. The lowest BCUT2D eigenvalue weighted by Crippen LogP contribution is -2.30. The highest BCUT2D eigenvalue weighted by Crippen LogP contribution is 2.47. The van der Waals surface area contributed by atoms with Crippen LogP contribution in [-0.2, 0) is 7.05 Å². The van der Waals surface area contributed by atoms with Gasteiger partial charge in [0.2, 0.25) is 0 Å². The predicted octanol–water partition coefficient (Wildman–Crippen LogP) is 3.53. The van der Waals surface area contributed by atoms with E-state index in [4.69, 9.17) is 5.10 Å². The molecule has 4 rings (SSSR count). The van der Waals surface area contributed by atoms with Gasteiger partial charge in [0, 0.05) is 36.4 Å². The Labute approximate surface area is 165 Å². The van der Waals surface area contributed by atoms with Crippen LogP contribution in [-0.4, -0.2) is 40.2 Å². The molecule has 4 heterocycles. The molecule has 5 nitrogen and oxygen atoms in total. The van der Waals surface area contributed by atoms with E-state index in [0.29, 0.717) is 11.2 Å². The van der Waals surface area contributed by atoms with Gasteiger partial charge in [-0.05, 0) is 44.0 Å². The number of anilines is 1. The zero-order valence-corrected chi connectivity index (χ0v) is 16.7. The fourth-order valence-electron chi connectivity index (χ4n) is 3.67. The maximum atomic E-state index is 4.81. The minimum atomic E-state index is 0. The molecule has 2 N–H and O–H groups in total. The molecule has 0 spiro atoms. The van der Waals surface area contributed by atoms with Gasteiger partial charge in [0.25, 0.3) is 0 Å². The predicted molar refractivity (Wildman–Crippen MR) is 110 cm³/mol. The van der Waals surface area contributed by atoms with E-state index < -0.39 is 0 Å². The summed E-state index contributed by atoms with van der Waals surface area (Å²) in [6.07, 6.45) is 4.34. The summed E-state index contributed by atoms with van der Waals surface area (Å²) in [6.45, 7) is 3.26. The molecule has 2 aliphatic heterocycles. The van der Waals surface area contributed by atoms with Crippen molar-refractivity contribution in [2.45, 2.75) is 18.1 Å². The molecule has 25 heavy (non-hydrogen) atoms. The zero-order chi connectivity index (χ0) is 15.6. The molecule has 0 aliphatic carbocycles. The van der Waals surface area contributed by atoms with Crippen molar-refractivity contribution in [1.29, 1.82) is 0 Å². The fraction of sp³-hybridized carbons (Fsp3) is 0.529. The van der Waals surface area contributed by atoms with E-state index in [2.05, 4.69) is 33.4 Å². The first kappa shape index (κ1) is 20.4. The summed E-state index contributed by atoms with van der Waals surface area (Å²) >= 11 is 2.08. The number of nitrogens with zero attached hydrogens (tertiary/aromatic N) is 3. The van der Waals surface area contributed by atoms with Crippen LogP contribution >= 0.6 is 36.6 Å². The lowest BCUT2D eigenvalue weighted by atomic mass is 9.89. The van der Waals surface area contributed by atoms with Crippen molar-refractivity contribution in [3.63, 3.8) is 0 Å². The van der Waals surface area contributed by atoms with E-state index in [9.17, 15) is 0 Å². The number of thioether (sulfide) groups is 1. The number of aromatic nitrogens is 3. The fourth-order valence-corrected chi connectivity index (χ4v) is 5.08. The van der Waals surface area contributed by atoms with Gasteiger partial charge in [0.15, 0.2) is 0 Å². The molecule has 0 radical (unpaired) electrons. The molecule has 0 saturated carbocycles. The summed E-state index contributed by atoms with van der Waals surface area (Å²) in [4.78, 5) is 4.56. The molecule has 2 aromatic heterocycles. The number of rotatable bonds is 2. The van der Waals surface area contributed by atoms with Crippen molar-refractivity contribution in [3.05, 3.63) is 30.0 Å². The van der Waals surface area contributed by atoms with Gasteiger partial charge >= 0.3 is 0 Å². The normalized spacial score (nSPS) is 20.4. The Morgan fingerprint density at radius 3 is 2.68 bits per heavy atom. The monoisotopic (exact) mass is 401 g/mol. The van der Waals surface area contributed by atoms with Gasteiger partial charge in [-0.1, -0.05) is 6.07 Å². The second-order valence-electron chi connectivity index (χ2n) is 6.26. The maximum absolute atomic E-state index is 4.81. The molecule has 8 heteroatoms. The van der Waals surface area contributed by atoms with Gasteiger partial charge in [-0.25, -0.2) is 0 Å². The highest BCUT2D eigenvalue weighted by molar-refractivity contribution is 7.99. The molecule has 0 bridgehead atoms. The summed E-state index contributed by atoms with van der Waals surface area (Å²) in [6, 6.07) is 6.07. The van der Waals surface area contributed by atoms with Crippen LogP contribution in [0.2, 0.25) is 0 Å². The Balaban J connectivity index is 0.00000113. The average Bonchev–Trinajstić information content (AvgIpc) is 2.80. The molecule has 2 aliphatic rings. The highest BCUT2D eigenvalue weighted by atomic mass is 35.5. The molecule has 1 fully saturated rings. The van der Waals surface area contributed by atoms with E-state index in [1.54, 1.807) is 0 Å². The van der Waals surface area contributed by atoms with E-state index in [1.165, 1.54) is 24.2 Å². The second-order valence-corrected chi connectivity index (χ2v) is 7.50. The van der Waals surface area contributed by atoms with Crippen molar-refractivity contribution in [2.75, 3.05) is 30.7 Å². The van der Waals surface area contributed by atoms with Crippen LogP contribution in [0.25, 0.3) is 11.4 Å². The van der Waals surface area contributed by atoms with E-state index in [-0.39, 0.29) is 24.8 Å². The van der Waals surface area contributed by atoms with Crippen molar-refractivity contribution < 1.29 is 0 Å². The number of hydrogen-bond acceptors (Lipinski definition) is 5. The molecule has 1 saturated heterocycles. The zero-order valence-electron chi connectivity index (χ0n) is 14.3. The molecule has 0 amide bonds. The van der Waals surface area contributed by atoms with Crippen molar-refractivity contribution in [2.24, 2.45) is 13.0 Å². The first-order chi connectivity index (χ1) is 11.3. The van der Waals surface area contributed by atoms with Crippen LogP contribution in [0.4, 0.5) is 5.82 Å². The number of hydrogen-bond donors (Lipinski definition) is 2. The standard InChI is InChI=1S/C17H23N5S.2ClH/c1-22-17-14(15(21-22)13-4-2-3-7-19-13)16(23-11-10-20-17)12-5-8-18-9-6-12;;/h2-4,7,12,16,18,20H,5-6,8-11H2,1H3;2*1H. The lowest BCUT2D eigenvalue weighted by molar-refractivity contribution is 0.368. The largest absolute Gasteiger partial charge is 0.369 e. The number of nitrogens with one attached hydrogen (secondary N) is 2. The van der Waals surface area contributed by atoms with E-state index in [1.807, 2.05) is 30.1 Å². The number of aryl methyl sites for hydroxylation is 1. The average molecular weight is 402 g/mol. The van der Waals surface area contributed by atoms with Crippen LogP contribution in [0.5, 0.6) is 0 Å². The van der Waals surface area contributed by atoms with Gasteiger partial charge in [-0.2, -0.15) is 16.9 Å². The first-order valence-electron chi connectivity index (χ1n) is 8.39. The summed E-state index contributed by atoms with van der Waals surface area (Å²) < 4.78 is 2.00. The van der Waals surface area contributed by atoms with Gasteiger partial charge in [-0.15, -0.1) is 24.8 Å². The van der Waals surface area contributed by atoms with Crippen LogP contribution in [0.15, 0.2) is 24.4 Å². The smallest absolute Gasteiger partial charge is 0.129 e. The highest BCUT2D eigenvalue weighted by Gasteiger charge is 2.34. The maximum Gasteiger partial charge on any atom is 0.129 e. The van der Waals surface area contributed by atoms with Gasteiger partial charge in [0.1, 0.15) is 11.5 Å². The minimum absolute atomic E-state index is 0. The summed E-state index contributed by atoms with van der Waals surface area (Å²) in [7, 11) is 2.04. The quantitative estimate of drug-likeness (QED) is 0.805. The third-order valence-corrected chi connectivity index (χ3v) is 6.20. The molecule has 1 unspecified atom stereocenters. The van der Waals surface area contributed by atoms with Crippen LogP contribution < -0.4 is 10.6 Å². The van der Waals surface area contributed by atoms with Crippen molar-refractivity contribution in [1.82, 2.24) is 20.1 Å². The summed E-state index contributed by atoms with van der Waals surface area (Å²) in [5, 5.41) is 12.4. The Morgan fingerprint density at radius 2 is 1.96 bits per heavy atom. The molecular formula is C17H25Cl2N5S. The molecule has 1 atom stereocenters. The first-order valence-corrected chi connectivity index (χ1v) is 9.44. The minimum Gasteiger partial charge on any atom is -0.369 e. The van der Waals surface area contributed by atoms with Crippen LogP contribution in [0.3, 0.4) is 0 Å². The van der Waals surface area contributed by atoms with Crippen LogP contribution in [0, 0.1) is 5.92 Å². The van der Waals surface area contributed by atoms with Crippen LogP contribution in [0.1, 0.15) is 23.7 Å². The topological polar surface area (TPSA) is 54.8 Å². The SMILES string of the molecule is Cl.Cl.Cn1nc(-c2ccccn2)c2c1NCCSC2C1CCNCC1. The van der Waals surface area contributed by atoms with Crippen molar-refractivity contribution in [3.8, 4) is 11.4 Å². The Morgan fingerprint density at radius 1 is 1.16 bits per heavy atom. The molecule has 2 aromatic rings. The van der Waals surface area contributed by atoms with Gasteiger partial charge in [-0.3, -0.25) is 9.67 Å². The Hall–Kier alpha value is -0.950.